The van der Waals surface area contributed by atoms with Crippen LogP contribution in [-0.4, -0.2) is 42.3 Å². The zero-order valence-corrected chi connectivity index (χ0v) is 9.14. The van der Waals surface area contributed by atoms with Crippen LogP contribution in [0.25, 0.3) is 0 Å². The first-order chi connectivity index (χ1) is 8.07. The minimum absolute atomic E-state index is 0.145. The molecule has 1 saturated heterocycles. The third-order valence-electron chi connectivity index (χ3n) is 3.16. The number of morpholine rings is 1. The van der Waals surface area contributed by atoms with Gasteiger partial charge in [-0.05, 0) is 6.08 Å². The number of allylic oxidation sites excluding steroid dienone is 2. The zero-order chi connectivity index (χ0) is 12.5. The van der Waals surface area contributed by atoms with Crippen LogP contribution in [0.3, 0.4) is 0 Å². The second-order valence-corrected chi connectivity index (χ2v) is 4.14. The van der Waals surface area contributed by atoms with E-state index in [0.717, 1.165) is 12.2 Å². The van der Waals surface area contributed by atoms with Crippen LogP contribution < -0.4 is 11.1 Å². The van der Waals surface area contributed by atoms with Gasteiger partial charge in [0.05, 0.1) is 13.2 Å². The second-order valence-electron chi connectivity index (χ2n) is 4.14. The number of nitro groups is 1. The lowest BCUT2D eigenvalue weighted by Gasteiger charge is -2.37. The number of hydrogen-bond donors (Lipinski definition) is 2. The molecule has 0 saturated carbocycles. The Labute approximate surface area is 97.5 Å². The van der Waals surface area contributed by atoms with E-state index in [0.29, 0.717) is 13.2 Å². The van der Waals surface area contributed by atoms with Crippen molar-refractivity contribution in [1.29, 1.82) is 0 Å². The monoisotopic (exact) mass is 243 g/mol. The molecule has 1 heterocycles. The first-order valence-electron chi connectivity index (χ1n) is 5.35. The average Bonchev–Trinajstić information content (AvgIpc) is 2.33. The molecule has 17 heavy (non-hydrogen) atoms. The summed E-state index contributed by atoms with van der Waals surface area (Å²) >= 11 is 0. The minimum atomic E-state index is -1.68. The molecule has 7 heteroatoms. The second kappa shape index (κ2) is 4.52. The van der Waals surface area contributed by atoms with Crippen LogP contribution in [0.15, 0.2) is 24.1 Å². The minimum Gasteiger partial charge on any atom is -0.378 e. The molecule has 0 aromatic rings. The third kappa shape index (κ3) is 1.97. The van der Waals surface area contributed by atoms with E-state index in [1.165, 1.54) is 6.08 Å². The molecular formula is C10H14FN3O3. The molecule has 0 spiro atoms. The van der Waals surface area contributed by atoms with E-state index >= 15 is 0 Å². The van der Waals surface area contributed by atoms with E-state index in [2.05, 4.69) is 5.32 Å². The molecule has 0 aromatic carbocycles. The van der Waals surface area contributed by atoms with Crippen molar-refractivity contribution in [2.24, 2.45) is 5.73 Å². The molecule has 2 aliphatic rings. The van der Waals surface area contributed by atoms with Crippen LogP contribution in [0.1, 0.15) is 0 Å². The van der Waals surface area contributed by atoms with Crippen LogP contribution in [0.4, 0.5) is 4.39 Å². The summed E-state index contributed by atoms with van der Waals surface area (Å²) in [7, 11) is 0. The predicted molar refractivity (Wildman–Crippen MR) is 58.6 cm³/mol. The summed E-state index contributed by atoms with van der Waals surface area (Å²) < 4.78 is 18.5. The Morgan fingerprint density at radius 1 is 1.71 bits per heavy atom. The van der Waals surface area contributed by atoms with Crippen LogP contribution in [0.2, 0.25) is 0 Å². The summed E-state index contributed by atoms with van der Waals surface area (Å²) in [5.41, 5.74) is 4.09. The van der Waals surface area contributed by atoms with Gasteiger partial charge in [-0.25, -0.2) is 4.39 Å². The van der Waals surface area contributed by atoms with Gasteiger partial charge in [0.15, 0.2) is 0 Å². The van der Waals surface area contributed by atoms with E-state index < -0.39 is 28.4 Å². The van der Waals surface area contributed by atoms with Crippen molar-refractivity contribution in [3.8, 4) is 0 Å². The van der Waals surface area contributed by atoms with E-state index in [1.54, 1.807) is 0 Å². The van der Waals surface area contributed by atoms with Crippen molar-refractivity contribution in [3.05, 3.63) is 34.2 Å². The van der Waals surface area contributed by atoms with Crippen molar-refractivity contribution < 1.29 is 14.1 Å². The number of nitrogens with zero attached hydrogens (tertiary/aromatic N) is 1. The van der Waals surface area contributed by atoms with Crippen LogP contribution in [0.5, 0.6) is 0 Å². The first-order valence-corrected chi connectivity index (χ1v) is 5.35. The lowest BCUT2D eigenvalue weighted by Crippen LogP contribution is -2.67. The lowest BCUT2D eigenvalue weighted by atomic mass is 9.80. The summed E-state index contributed by atoms with van der Waals surface area (Å²) in [6.07, 6.45) is 3.44. The highest BCUT2D eigenvalue weighted by molar-refractivity contribution is 5.31. The maximum atomic E-state index is 13.3. The van der Waals surface area contributed by atoms with Gasteiger partial charge in [0.1, 0.15) is 17.9 Å². The molecule has 0 amide bonds. The standard InChI is InChI=1S/C10H14FN3O3/c11-7-1-2-8(12)10(5-7,14(15)16)9-6-17-4-3-13-9/h1-2,5,8-9,13H,3-4,6,12H2. The fraction of sp³-hybridized carbons (Fsp3) is 0.600. The zero-order valence-electron chi connectivity index (χ0n) is 9.14. The Kier molecular flexibility index (Phi) is 3.23. The number of nitrogens with two attached hydrogens (primary N) is 1. The molecule has 0 aromatic heterocycles. The Morgan fingerprint density at radius 3 is 3.06 bits per heavy atom. The normalized spacial score (nSPS) is 37.6. The van der Waals surface area contributed by atoms with Gasteiger partial charge in [-0.15, -0.1) is 0 Å². The molecular weight excluding hydrogens is 229 g/mol. The molecule has 1 aliphatic carbocycles. The quantitative estimate of drug-likeness (QED) is 0.515. The summed E-state index contributed by atoms with van der Waals surface area (Å²) in [5, 5.41) is 14.3. The summed E-state index contributed by atoms with van der Waals surface area (Å²) in [5.74, 6) is -0.643. The van der Waals surface area contributed by atoms with E-state index in [4.69, 9.17) is 10.5 Å². The molecule has 6 nitrogen and oxygen atoms in total. The Hall–Kier alpha value is -1.31. The average molecular weight is 243 g/mol. The molecule has 1 fully saturated rings. The number of ether oxygens (including phenoxy) is 1. The molecule has 94 valence electrons. The largest absolute Gasteiger partial charge is 0.378 e. The number of hydrogen-bond acceptors (Lipinski definition) is 5. The van der Waals surface area contributed by atoms with Crippen LogP contribution >= 0.6 is 0 Å². The fourth-order valence-electron chi connectivity index (χ4n) is 2.21. The van der Waals surface area contributed by atoms with Gasteiger partial charge in [-0.1, -0.05) is 6.08 Å². The maximum Gasteiger partial charge on any atom is 0.278 e. The Bertz CT molecular complexity index is 379. The predicted octanol–water partition coefficient (Wildman–Crippen LogP) is -0.259. The lowest BCUT2D eigenvalue weighted by molar-refractivity contribution is -0.563. The van der Waals surface area contributed by atoms with Gasteiger partial charge >= 0.3 is 0 Å². The topological polar surface area (TPSA) is 90.4 Å². The Morgan fingerprint density at radius 2 is 2.47 bits per heavy atom. The smallest absolute Gasteiger partial charge is 0.278 e. The van der Waals surface area contributed by atoms with Gasteiger partial charge in [-0.2, -0.15) is 0 Å². The van der Waals surface area contributed by atoms with Gasteiger partial charge in [-0.3, -0.25) is 10.1 Å². The summed E-state index contributed by atoms with van der Waals surface area (Å²) in [4.78, 5) is 10.8. The van der Waals surface area contributed by atoms with Gasteiger partial charge in [0, 0.05) is 17.5 Å². The SMILES string of the molecule is NC1C=CC(F)=CC1(C1COCCN1)[N+](=O)[O-]. The summed E-state index contributed by atoms with van der Waals surface area (Å²) in [6.45, 7) is 1.13. The third-order valence-corrected chi connectivity index (χ3v) is 3.16. The maximum absolute atomic E-state index is 13.3. The molecule has 1 aliphatic heterocycles. The molecule has 3 unspecified atom stereocenters. The van der Waals surface area contributed by atoms with E-state index in [9.17, 15) is 14.5 Å². The van der Waals surface area contributed by atoms with Crippen LogP contribution in [0, 0.1) is 10.1 Å². The molecule has 3 atom stereocenters. The van der Waals surface area contributed by atoms with E-state index in [1.807, 2.05) is 0 Å². The molecule has 2 rings (SSSR count). The van der Waals surface area contributed by atoms with Crippen molar-refractivity contribution in [1.82, 2.24) is 5.32 Å². The van der Waals surface area contributed by atoms with Crippen molar-refractivity contribution in [2.45, 2.75) is 17.6 Å². The first kappa shape index (κ1) is 12.2. The highest BCUT2D eigenvalue weighted by Gasteiger charge is 2.55. The van der Waals surface area contributed by atoms with Crippen molar-refractivity contribution in [2.75, 3.05) is 19.8 Å². The highest BCUT2D eigenvalue weighted by atomic mass is 19.1. The van der Waals surface area contributed by atoms with Gasteiger partial charge < -0.3 is 15.8 Å². The van der Waals surface area contributed by atoms with Gasteiger partial charge in [0.25, 0.3) is 5.54 Å². The fourth-order valence-corrected chi connectivity index (χ4v) is 2.21. The highest BCUT2D eigenvalue weighted by Crippen LogP contribution is 2.29. The summed E-state index contributed by atoms with van der Waals surface area (Å²) in [6, 6.07) is -1.51. The van der Waals surface area contributed by atoms with Crippen molar-refractivity contribution in [3.63, 3.8) is 0 Å². The molecule has 0 bridgehead atoms. The van der Waals surface area contributed by atoms with Crippen LogP contribution in [-0.2, 0) is 4.74 Å². The molecule has 0 radical (unpaired) electrons. The molecule has 3 N–H and O–H groups in total. The number of nitrogens with one attached hydrogen (secondary N) is 1. The van der Waals surface area contributed by atoms with Crippen molar-refractivity contribution >= 4 is 0 Å². The van der Waals surface area contributed by atoms with Gasteiger partial charge in [0.2, 0.25) is 0 Å². The Balaban J connectivity index is 2.37. The number of halogens is 1. The van der Waals surface area contributed by atoms with E-state index in [-0.39, 0.29) is 6.61 Å². The number of rotatable bonds is 2.